The lowest BCUT2D eigenvalue weighted by molar-refractivity contribution is 0.0447. The minimum absolute atomic E-state index is 0.0199. The average Bonchev–Trinajstić information content (AvgIpc) is 3.20. The number of rotatable bonds is 5. The molecule has 134 valence electrons. The van der Waals surface area contributed by atoms with Crippen LogP contribution in [0.3, 0.4) is 0 Å². The van der Waals surface area contributed by atoms with Crippen molar-refractivity contribution >= 4 is 5.91 Å². The maximum atomic E-state index is 14.1. The van der Waals surface area contributed by atoms with Crippen molar-refractivity contribution in [2.75, 3.05) is 6.54 Å². The Kier molecular flexibility index (Phi) is 4.85. The molecule has 1 aromatic carbocycles. The second-order valence-electron chi connectivity index (χ2n) is 6.93. The number of nitrogens with zero attached hydrogens (tertiary/aromatic N) is 3. The van der Waals surface area contributed by atoms with Crippen molar-refractivity contribution in [1.29, 1.82) is 0 Å². The zero-order chi connectivity index (χ0) is 18.0. The molecule has 1 amide bonds. The number of amides is 1. The van der Waals surface area contributed by atoms with E-state index in [0.717, 1.165) is 12.8 Å². The Morgan fingerprint density at radius 3 is 2.68 bits per heavy atom. The average molecular weight is 346 g/mol. The molecule has 1 aromatic heterocycles. The number of benzene rings is 1. The molecule has 2 aromatic rings. The fourth-order valence-electron chi connectivity index (χ4n) is 3.13. The predicted octanol–water partition coefficient (Wildman–Crippen LogP) is 2.56. The highest BCUT2D eigenvalue weighted by Crippen LogP contribution is 2.28. The SMILES string of the molecule is CC(C)c1nc(C(=O)NCC2(O)CCCC2)nn1-c1ccccc1F. The van der Waals surface area contributed by atoms with Gasteiger partial charge in [-0.2, -0.15) is 0 Å². The first-order chi connectivity index (χ1) is 11.9. The van der Waals surface area contributed by atoms with Gasteiger partial charge in [0.2, 0.25) is 5.82 Å². The third kappa shape index (κ3) is 3.71. The molecule has 3 rings (SSSR count). The highest BCUT2D eigenvalue weighted by atomic mass is 19.1. The zero-order valence-corrected chi connectivity index (χ0v) is 14.5. The van der Waals surface area contributed by atoms with Crippen LogP contribution in [-0.4, -0.2) is 37.9 Å². The first kappa shape index (κ1) is 17.5. The molecular formula is C18H23FN4O2. The van der Waals surface area contributed by atoms with E-state index in [4.69, 9.17) is 0 Å². The summed E-state index contributed by atoms with van der Waals surface area (Å²) in [5.74, 6) is -0.435. The molecule has 1 aliphatic carbocycles. The van der Waals surface area contributed by atoms with Crippen LogP contribution in [0.15, 0.2) is 24.3 Å². The van der Waals surface area contributed by atoms with Crippen LogP contribution in [0.2, 0.25) is 0 Å². The molecule has 1 aliphatic rings. The van der Waals surface area contributed by atoms with Crippen LogP contribution in [0.4, 0.5) is 4.39 Å². The lowest BCUT2D eigenvalue weighted by Crippen LogP contribution is -2.41. The summed E-state index contributed by atoms with van der Waals surface area (Å²) in [5.41, 5.74) is -0.586. The number of carbonyl (C=O) groups is 1. The molecular weight excluding hydrogens is 323 g/mol. The standard InChI is InChI=1S/C18H23FN4O2/c1-12(2)16-21-15(17(24)20-11-18(25)9-5-6-10-18)22-23(16)14-8-4-3-7-13(14)19/h3-4,7-8,12,25H,5-6,9-11H2,1-2H3,(H,20,24). The molecule has 0 atom stereocenters. The second-order valence-corrected chi connectivity index (χ2v) is 6.93. The summed E-state index contributed by atoms with van der Waals surface area (Å²) >= 11 is 0. The van der Waals surface area contributed by atoms with Gasteiger partial charge in [-0.1, -0.05) is 38.8 Å². The highest BCUT2D eigenvalue weighted by Gasteiger charge is 2.32. The lowest BCUT2D eigenvalue weighted by Gasteiger charge is -2.21. The van der Waals surface area contributed by atoms with Gasteiger partial charge in [-0.05, 0) is 25.0 Å². The number of para-hydroxylation sites is 1. The van der Waals surface area contributed by atoms with E-state index in [-0.39, 0.29) is 24.0 Å². The lowest BCUT2D eigenvalue weighted by atomic mass is 10.0. The Labute approximate surface area is 146 Å². The van der Waals surface area contributed by atoms with Gasteiger partial charge in [-0.25, -0.2) is 14.1 Å². The predicted molar refractivity (Wildman–Crippen MR) is 91.2 cm³/mol. The molecule has 0 aliphatic heterocycles. The molecule has 7 heteroatoms. The van der Waals surface area contributed by atoms with E-state index in [1.807, 2.05) is 13.8 Å². The third-order valence-corrected chi connectivity index (χ3v) is 4.54. The molecule has 1 fully saturated rings. The van der Waals surface area contributed by atoms with Crippen LogP contribution in [0.1, 0.15) is 61.9 Å². The molecule has 1 saturated carbocycles. The Bertz CT molecular complexity index is 766. The summed E-state index contributed by atoms with van der Waals surface area (Å²) in [6, 6.07) is 6.25. The number of hydrogen-bond donors (Lipinski definition) is 2. The summed E-state index contributed by atoms with van der Waals surface area (Å²) in [4.78, 5) is 16.7. The molecule has 6 nitrogen and oxygen atoms in total. The summed E-state index contributed by atoms with van der Waals surface area (Å²) < 4.78 is 15.5. The van der Waals surface area contributed by atoms with Gasteiger partial charge in [-0.15, -0.1) is 5.10 Å². The van der Waals surface area contributed by atoms with Crippen molar-refractivity contribution in [1.82, 2.24) is 20.1 Å². The highest BCUT2D eigenvalue weighted by molar-refractivity contribution is 5.90. The Morgan fingerprint density at radius 2 is 2.04 bits per heavy atom. The largest absolute Gasteiger partial charge is 0.388 e. The first-order valence-corrected chi connectivity index (χ1v) is 8.62. The maximum Gasteiger partial charge on any atom is 0.291 e. The van der Waals surface area contributed by atoms with E-state index < -0.39 is 17.3 Å². The van der Waals surface area contributed by atoms with E-state index in [0.29, 0.717) is 18.7 Å². The third-order valence-electron chi connectivity index (χ3n) is 4.54. The fourth-order valence-corrected chi connectivity index (χ4v) is 3.13. The van der Waals surface area contributed by atoms with Crippen LogP contribution < -0.4 is 5.32 Å². The molecule has 0 saturated heterocycles. The quantitative estimate of drug-likeness (QED) is 0.872. The topological polar surface area (TPSA) is 80.0 Å². The Balaban J connectivity index is 1.84. The van der Waals surface area contributed by atoms with Gasteiger partial charge in [0.25, 0.3) is 5.91 Å². The second kappa shape index (κ2) is 6.92. The summed E-state index contributed by atoms with van der Waals surface area (Å²) in [6.07, 6.45) is 3.29. The van der Waals surface area contributed by atoms with Crippen molar-refractivity contribution in [3.63, 3.8) is 0 Å². The number of halogens is 1. The monoisotopic (exact) mass is 346 g/mol. The normalized spacial score (nSPS) is 16.4. The van der Waals surface area contributed by atoms with Gasteiger partial charge in [-0.3, -0.25) is 4.79 Å². The Morgan fingerprint density at radius 1 is 1.36 bits per heavy atom. The molecule has 2 N–H and O–H groups in total. The zero-order valence-electron chi connectivity index (χ0n) is 14.5. The smallest absolute Gasteiger partial charge is 0.291 e. The van der Waals surface area contributed by atoms with Crippen LogP contribution in [0.25, 0.3) is 5.69 Å². The van der Waals surface area contributed by atoms with Gasteiger partial charge in [0, 0.05) is 12.5 Å². The number of hydrogen-bond acceptors (Lipinski definition) is 4. The van der Waals surface area contributed by atoms with E-state index in [2.05, 4.69) is 15.4 Å². The van der Waals surface area contributed by atoms with Crippen molar-refractivity contribution in [2.45, 2.75) is 51.0 Å². The van der Waals surface area contributed by atoms with Gasteiger partial charge < -0.3 is 10.4 Å². The van der Waals surface area contributed by atoms with E-state index in [1.165, 1.54) is 10.7 Å². The van der Waals surface area contributed by atoms with Gasteiger partial charge in [0.1, 0.15) is 17.3 Å². The Hall–Kier alpha value is -2.28. The molecule has 0 bridgehead atoms. The molecule has 1 heterocycles. The molecule has 25 heavy (non-hydrogen) atoms. The summed E-state index contributed by atoms with van der Waals surface area (Å²) in [5, 5.41) is 17.2. The first-order valence-electron chi connectivity index (χ1n) is 8.62. The number of nitrogens with one attached hydrogen (secondary N) is 1. The van der Waals surface area contributed by atoms with Crippen molar-refractivity contribution in [3.05, 3.63) is 41.7 Å². The minimum Gasteiger partial charge on any atom is -0.388 e. The van der Waals surface area contributed by atoms with E-state index in [9.17, 15) is 14.3 Å². The van der Waals surface area contributed by atoms with Crippen molar-refractivity contribution < 1.29 is 14.3 Å². The summed E-state index contributed by atoms with van der Waals surface area (Å²) in [7, 11) is 0. The summed E-state index contributed by atoms with van der Waals surface area (Å²) in [6.45, 7) is 3.99. The van der Waals surface area contributed by atoms with Crippen LogP contribution >= 0.6 is 0 Å². The minimum atomic E-state index is -0.843. The van der Waals surface area contributed by atoms with Crippen LogP contribution in [0.5, 0.6) is 0 Å². The van der Waals surface area contributed by atoms with E-state index in [1.54, 1.807) is 18.2 Å². The van der Waals surface area contributed by atoms with Crippen molar-refractivity contribution in [3.8, 4) is 5.69 Å². The molecule has 0 spiro atoms. The number of aromatic nitrogens is 3. The van der Waals surface area contributed by atoms with Crippen LogP contribution in [-0.2, 0) is 0 Å². The maximum absolute atomic E-state index is 14.1. The molecule has 0 radical (unpaired) electrons. The van der Waals surface area contributed by atoms with Crippen molar-refractivity contribution in [2.24, 2.45) is 0 Å². The van der Waals surface area contributed by atoms with Crippen LogP contribution in [0, 0.1) is 5.82 Å². The molecule has 0 unspecified atom stereocenters. The number of carbonyl (C=O) groups excluding carboxylic acids is 1. The fraction of sp³-hybridized carbons (Fsp3) is 0.500. The van der Waals surface area contributed by atoms with E-state index >= 15 is 0 Å². The van der Waals surface area contributed by atoms with Gasteiger partial charge in [0.05, 0.1) is 5.60 Å². The van der Waals surface area contributed by atoms with Gasteiger partial charge in [0.15, 0.2) is 0 Å². The van der Waals surface area contributed by atoms with Gasteiger partial charge >= 0.3 is 0 Å². The number of aliphatic hydroxyl groups is 1.